The van der Waals surface area contributed by atoms with Crippen molar-refractivity contribution >= 4 is 17.7 Å². The molecule has 0 N–H and O–H groups in total. The van der Waals surface area contributed by atoms with E-state index >= 15 is 0 Å². The van der Waals surface area contributed by atoms with E-state index < -0.39 is 11.7 Å². The first-order chi connectivity index (χ1) is 17.7. The van der Waals surface area contributed by atoms with Gasteiger partial charge in [-0.25, -0.2) is 9.37 Å². The Morgan fingerprint density at radius 2 is 1.70 bits per heavy atom. The highest BCUT2D eigenvalue weighted by atomic mass is 19.4. The molecule has 1 aliphatic rings. The van der Waals surface area contributed by atoms with Crippen LogP contribution < -0.4 is 14.7 Å². The number of unbranched alkanes of at least 4 members (excludes halogenated alkanes) is 1. The van der Waals surface area contributed by atoms with E-state index in [-0.39, 0.29) is 11.6 Å². The second kappa shape index (κ2) is 11.3. The minimum Gasteiger partial charge on any atom is -0.353 e. The van der Waals surface area contributed by atoms with Crippen molar-refractivity contribution < 1.29 is 17.6 Å². The molecule has 4 rings (SSSR count). The van der Waals surface area contributed by atoms with Crippen LogP contribution in [0.1, 0.15) is 37.8 Å². The lowest BCUT2D eigenvalue weighted by Gasteiger charge is -2.36. The molecule has 0 bridgehead atoms. The molecule has 198 valence electrons. The smallest absolute Gasteiger partial charge is 0.353 e. The van der Waals surface area contributed by atoms with Crippen LogP contribution >= 0.6 is 0 Å². The maximum absolute atomic E-state index is 13.9. The summed E-state index contributed by atoms with van der Waals surface area (Å²) in [6.45, 7) is 8.83. The molecule has 0 amide bonds. The van der Waals surface area contributed by atoms with Gasteiger partial charge in [-0.05, 0) is 56.2 Å². The molecule has 1 aromatic carbocycles. The van der Waals surface area contributed by atoms with Crippen LogP contribution in [0.5, 0.6) is 0 Å². The Balaban J connectivity index is 1.63. The summed E-state index contributed by atoms with van der Waals surface area (Å²) in [6, 6.07) is 7.10. The highest BCUT2D eigenvalue weighted by Gasteiger charge is 2.36. The quantitative estimate of drug-likeness (QED) is 0.373. The molecule has 1 fully saturated rings. The van der Waals surface area contributed by atoms with Crippen LogP contribution in [-0.4, -0.2) is 59.2 Å². The summed E-state index contributed by atoms with van der Waals surface area (Å²) in [7, 11) is 0. The fraction of sp³-hybridized carbons (Fsp3) is 0.462. The standard InChI is InChI=1S/C26H31F4N7/c1-4-6-12-35(5-2)24-32-22(19-9-10-21(27)18(3)17-19)33-25(34-24)37-15-13-36(14-16-37)23-20(26(28,29)30)8-7-11-31-23/h7-11,17H,4-6,12-16H2,1-3H3. The van der Waals surface area contributed by atoms with Gasteiger partial charge < -0.3 is 14.7 Å². The SMILES string of the molecule is CCCCN(CC)c1nc(-c2ccc(F)c(C)c2)nc(N2CCN(c3ncccc3C(F)(F)F)CC2)n1. The molecule has 11 heteroatoms. The molecule has 0 spiro atoms. The van der Waals surface area contributed by atoms with Crippen molar-refractivity contribution in [3.8, 4) is 11.4 Å². The number of anilines is 3. The van der Waals surface area contributed by atoms with Crippen molar-refractivity contribution in [1.29, 1.82) is 0 Å². The number of benzene rings is 1. The van der Waals surface area contributed by atoms with E-state index in [9.17, 15) is 17.6 Å². The van der Waals surface area contributed by atoms with Crippen molar-refractivity contribution in [3.63, 3.8) is 0 Å². The van der Waals surface area contributed by atoms with E-state index in [2.05, 4.69) is 16.8 Å². The van der Waals surface area contributed by atoms with E-state index in [1.54, 1.807) is 24.0 Å². The lowest BCUT2D eigenvalue weighted by Crippen LogP contribution is -2.48. The largest absolute Gasteiger partial charge is 0.419 e. The zero-order chi connectivity index (χ0) is 26.6. The summed E-state index contributed by atoms with van der Waals surface area (Å²) in [6.07, 6.45) is -1.10. The van der Waals surface area contributed by atoms with Gasteiger partial charge in [0.1, 0.15) is 11.6 Å². The molecule has 7 nitrogen and oxygen atoms in total. The zero-order valence-corrected chi connectivity index (χ0v) is 21.3. The van der Waals surface area contributed by atoms with Gasteiger partial charge in [0.2, 0.25) is 11.9 Å². The van der Waals surface area contributed by atoms with Crippen molar-refractivity contribution in [2.24, 2.45) is 0 Å². The Labute approximate surface area is 214 Å². The average Bonchev–Trinajstić information content (AvgIpc) is 2.90. The first kappa shape index (κ1) is 26.6. The number of pyridine rings is 1. The Kier molecular flexibility index (Phi) is 8.09. The van der Waals surface area contributed by atoms with Crippen LogP contribution in [0.2, 0.25) is 0 Å². The van der Waals surface area contributed by atoms with Gasteiger partial charge in [-0.1, -0.05) is 13.3 Å². The second-order valence-electron chi connectivity index (χ2n) is 9.00. The van der Waals surface area contributed by atoms with Crippen molar-refractivity contribution in [1.82, 2.24) is 19.9 Å². The number of halogens is 4. The van der Waals surface area contributed by atoms with Crippen LogP contribution in [0.3, 0.4) is 0 Å². The molecule has 2 aromatic heterocycles. The number of rotatable bonds is 8. The summed E-state index contributed by atoms with van der Waals surface area (Å²) < 4.78 is 54.5. The van der Waals surface area contributed by atoms with Crippen LogP contribution in [0.15, 0.2) is 36.5 Å². The first-order valence-electron chi connectivity index (χ1n) is 12.5. The Hall–Kier alpha value is -3.50. The average molecular weight is 518 g/mol. The van der Waals surface area contributed by atoms with Crippen LogP contribution in [0.25, 0.3) is 11.4 Å². The molecule has 1 saturated heterocycles. The van der Waals surface area contributed by atoms with E-state index in [0.29, 0.717) is 61.6 Å². The van der Waals surface area contributed by atoms with Gasteiger partial charge >= 0.3 is 6.18 Å². The van der Waals surface area contributed by atoms with E-state index in [4.69, 9.17) is 15.0 Å². The van der Waals surface area contributed by atoms with E-state index in [0.717, 1.165) is 25.5 Å². The predicted molar refractivity (Wildman–Crippen MR) is 136 cm³/mol. The third-order valence-electron chi connectivity index (χ3n) is 6.43. The zero-order valence-electron chi connectivity index (χ0n) is 21.3. The predicted octanol–water partition coefficient (Wildman–Crippen LogP) is 5.35. The number of aromatic nitrogens is 4. The minimum absolute atomic E-state index is 0.0646. The number of piperazine rings is 1. The molecule has 0 atom stereocenters. The number of aryl methyl sites for hydroxylation is 1. The summed E-state index contributed by atoms with van der Waals surface area (Å²) >= 11 is 0. The number of nitrogens with zero attached hydrogens (tertiary/aromatic N) is 7. The van der Waals surface area contributed by atoms with Crippen molar-refractivity contribution in [2.45, 2.75) is 39.8 Å². The van der Waals surface area contributed by atoms with Gasteiger partial charge in [0.15, 0.2) is 5.82 Å². The lowest BCUT2D eigenvalue weighted by molar-refractivity contribution is -0.137. The third kappa shape index (κ3) is 6.08. The summed E-state index contributed by atoms with van der Waals surface area (Å²) in [5, 5.41) is 0. The molecule has 0 radical (unpaired) electrons. The van der Waals surface area contributed by atoms with Gasteiger partial charge in [0.05, 0.1) is 5.56 Å². The molecule has 0 aliphatic carbocycles. The Morgan fingerprint density at radius 3 is 2.35 bits per heavy atom. The van der Waals surface area contributed by atoms with Crippen molar-refractivity contribution in [3.05, 3.63) is 53.5 Å². The van der Waals surface area contributed by atoms with Crippen molar-refractivity contribution in [2.75, 3.05) is 54.0 Å². The Morgan fingerprint density at radius 1 is 0.973 bits per heavy atom. The number of hydrogen-bond donors (Lipinski definition) is 0. The van der Waals surface area contributed by atoms with Gasteiger partial charge in [0.25, 0.3) is 0 Å². The van der Waals surface area contributed by atoms with Gasteiger partial charge in [-0.2, -0.15) is 28.1 Å². The molecule has 3 aromatic rings. The van der Waals surface area contributed by atoms with Crippen LogP contribution in [0, 0.1) is 12.7 Å². The molecule has 0 saturated carbocycles. The topological polar surface area (TPSA) is 61.3 Å². The second-order valence-corrected chi connectivity index (χ2v) is 9.00. The number of alkyl halides is 3. The summed E-state index contributed by atoms with van der Waals surface area (Å²) in [5.74, 6) is 1.05. The van der Waals surface area contributed by atoms with Gasteiger partial charge in [0, 0.05) is 51.0 Å². The van der Waals surface area contributed by atoms with Gasteiger partial charge in [-0.15, -0.1) is 0 Å². The monoisotopic (exact) mass is 517 g/mol. The third-order valence-corrected chi connectivity index (χ3v) is 6.43. The fourth-order valence-corrected chi connectivity index (χ4v) is 4.29. The summed E-state index contributed by atoms with van der Waals surface area (Å²) in [5.41, 5.74) is 0.426. The molecule has 3 heterocycles. The molecular weight excluding hydrogens is 486 g/mol. The fourth-order valence-electron chi connectivity index (χ4n) is 4.29. The molecule has 0 unspecified atom stereocenters. The van der Waals surface area contributed by atoms with Gasteiger partial charge in [-0.3, -0.25) is 0 Å². The Bertz CT molecular complexity index is 1210. The minimum atomic E-state index is -4.48. The normalized spacial score (nSPS) is 14.2. The molecular formula is C26H31F4N7. The van der Waals surface area contributed by atoms with E-state index in [1.807, 2.05) is 11.8 Å². The first-order valence-corrected chi connectivity index (χ1v) is 12.5. The highest BCUT2D eigenvalue weighted by molar-refractivity contribution is 5.60. The lowest BCUT2D eigenvalue weighted by atomic mass is 10.1. The molecule has 1 aliphatic heterocycles. The van der Waals surface area contributed by atoms with E-state index in [1.165, 1.54) is 18.3 Å². The number of hydrogen-bond acceptors (Lipinski definition) is 7. The van der Waals surface area contributed by atoms with Crippen LogP contribution in [0.4, 0.5) is 35.3 Å². The maximum atomic E-state index is 13.9. The summed E-state index contributed by atoms with van der Waals surface area (Å²) in [4.78, 5) is 23.8. The van der Waals surface area contributed by atoms with Crippen LogP contribution in [-0.2, 0) is 6.18 Å². The maximum Gasteiger partial charge on any atom is 0.419 e. The highest BCUT2D eigenvalue weighted by Crippen LogP contribution is 2.35. The molecule has 37 heavy (non-hydrogen) atoms.